The molecule has 1 aliphatic rings. The second-order valence-corrected chi connectivity index (χ2v) is 6.70. The molecule has 8 heteroatoms. The molecule has 28 heavy (non-hydrogen) atoms. The number of nitrogens with one attached hydrogen (secondary N) is 1. The van der Waals surface area contributed by atoms with E-state index in [-0.39, 0.29) is 18.2 Å². The fourth-order valence-electron chi connectivity index (χ4n) is 3.06. The molecule has 1 N–H and O–H groups in total. The van der Waals surface area contributed by atoms with Crippen LogP contribution in [0.1, 0.15) is 29.6 Å². The van der Waals surface area contributed by atoms with Gasteiger partial charge in [-0.3, -0.25) is 14.4 Å². The van der Waals surface area contributed by atoms with Crippen LogP contribution >= 0.6 is 0 Å². The fourth-order valence-corrected chi connectivity index (χ4v) is 3.06. The Morgan fingerprint density at radius 1 is 1.14 bits per heavy atom. The lowest BCUT2D eigenvalue weighted by atomic mass is 10.1. The first kappa shape index (κ1) is 19.6. The van der Waals surface area contributed by atoms with E-state index in [0.717, 1.165) is 19.3 Å². The normalized spacial score (nSPS) is 13.9. The van der Waals surface area contributed by atoms with Crippen LogP contribution in [-0.2, 0) is 11.8 Å². The van der Waals surface area contributed by atoms with Crippen LogP contribution in [0.5, 0.6) is 5.75 Å². The van der Waals surface area contributed by atoms with E-state index < -0.39 is 17.3 Å². The Balaban J connectivity index is 1.69. The third-order valence-corrected chi connectivity index (χ3v) is 4.53. The maximum absolute atomic E-state index is 12.9. The zero-order valence-corrected chi connectivity index (χ0v) is 15.6. The van der Waals surface area contributed by atoms with Crippen molar-refractivity contribution in [3.63, 3.8) is 0 Å². The zero-order chi connectivity index (χ0) is 20.1. The number of pyridine rings is 1. The van der Waals surface area contributed by atoms with E-state index in [1.165, 1.54) is 48.1 Å². The molecular formula is C20H22FN3O4. The number of aryl methyl sites for hydroxylation is 1. The number of rotatable bonds is 5. The lowest BCUT2D eigenvalue weighted by Gasteiger charge is -2.27. The Morgan fingerprint density at radius 3 is 2.50 bits per heavy atom. The summed E-state index contributed by atoms with van der Waals surface area (Å²) >= 11 is 0. The van der Waals surface area contributed by atoms with Crippen LogP contribution in [0.15, 0.2) is 41.3 Å². The minimum Gasteiger partial charge on any atom is -0.484 e. The van der Waals surface area contributed by atoms with Crippen LogP contribution in [-0.4, -0.2) is 41.0 Å². The first-order valence-electron chi connectivity index (χ1n) is 9.12. The van der Waals surface area contributed by atoms with E-state index in [4.69, 9.17) is 4.74 Å². The van der Waals surface area contributed by atoms with Gasteiger partial charge in [-0.1, -0.05) is 0 Å². The van der Waals surface area contributed by atoms with Gasteiger partial charge in [0.2, 0.25) is 0 Å². The molecule has 1 aliphatic heterocycles. The van der Waals surface area contributed by atoms with Crippen LogP contribution < -0.4 is 15.6 Å². The van der Waals surface area contributed by atoms with Gasteiger partial charge in [-0.25, -0.2) is 4.39 Å². The van der Waals surface area contributed by atoms with Crippen molar-refractivity contribution in [2.24, 2.45) is 7.05 Å². The highest BCUT2D eigenvalue weighted by Crippen LogP contribution is 2.15. The SMILES string of the molecule is Cn1cc(C(=O)N2CCCCC2)cc(NC(=O)COc2ccc(F)cc2)c1=O. The van der Waals surface area contributed by atoms with Crippen LogP contribution in [0.3, 0.4) is 0 Å². The smallest absolute Gasteiger partial charge is 0.274 e. The third-order valence-electron chi connectivity index (χ3n) is 4.53. The number of anilines is 1. The first-order valence-corrected chi connectivity index (χ1v) is 9.12. The number of hydrogen-bond donors (Lipinski definition) is 1. The van der Waals surface area contributed by atoms with Crippen molar-refractivity contribution >= 4 is 17.5 Å². The average molecular weight is 387 g/mol. The second-order valence-electron chi connectivity index (χ2n) is 6.70. The first-order chi connectivity index (χ1) is 13.4. The van der Waals surface area contributed by atoms with Gasteiger partial charge in [0.15, 0.2) is 6.61 Å². The maximum atomic E-state index is 12.9. The number of carbonyl (C=O) groups excluding carboxylic acids is 2. The highest BCUT2D eigenvalue weighted by atomic mass is 19.1. The lowest BCUT2D eigenvalue weighted by Crippen LogP contribution is -2.36. The Kier molecular flexibility index (Phi) is 6.08. The maximum Gasteiger partial charge on any atom is 0.274 e. The summed E-state index contributed by atoms with van der Waals surface area (Å²) in [5, 5.41) is 2.49. The molecule has 2 amide bonds. The third kappa shape index (κ3) is 4.76. The lowest BCUT2D eigenvalue weighted by molar-refractivity contribution is -0.118. The summed E-state index contributed by atoms with van der Waals surface area (Å²) in [7, 11) is 1.53. The molecule has 0 spiro atoms. The summed E-state index contributed by atoms with van der Waals surface area (Å²) in [6.45, 7) is 1.03. The van der Waals surface area contributed by atoms with Crippen molar-refractivity contribution < 1.29 is 18.7 Å². The number of carbonyl (C=O) groups is 2. The molecule has 7 nitrogen and oxygen atoms in total. The van der Waals surface area contributed by atoms with Crippen molar-refractivity contribution in [1.29, 1.82) is 0 Å². The zero-order valence-electron chi connectivity index (χ0n) is 15.6. The Labute approximate surface area is 161 Å². The molecule has 0 saturated carbocycles. The summed E-state index contributed by atoms with van der Waals surface area (Å²) in [6, 6.07) is 6.64. The standard InChI is InChI=1S/C20H22FN3O4/c1-23-12-14(19(26)24-9-3-2-4-10-24)11-17(20(23)27)22-18(25)13-28-16-7-5-15(21)6-8-16/h5-8,11-12H,2-4,9-10,13H2,1H3,(H,22,25). The van der Waals surface area contributed by atoms with Crippen molar-refractivity contribution in [2.45, 2.75) is 19.3 Å². The van der Waals surface area contributed by atoms with E-state index in [0.29, 0.717) is 24.4 Å². The Hall–Kier alpha value is -3.16. The number of ether oxygens (including phenoxy) is 1. The van der Waals surface area contributed by atoms with E-state index in [9.17, 15) is 18.8 Å². The van der Waals surface area contributed by atoms with Gasteiger partial charge < -0.3 is 19.5 Å². The van der Waals surface area contributed by atoms with Gasteiger partial charge in [-0.15, -0.1) is 0 Å². The van der Waals surface area contributed by atoms with Crippen molar-refractivity contribution in [1.82, 2.24) is 9.47 Å². The van der Waals surface area contributed by atoms with E-state index in [1.54, 1.807) is 4.90 Å². The summed E-state index contributed by atoms with van der Waals surface area (Å²) < 4.78 is 19.4. The van der Waals surface area contributed by atoms with Crippen LogP contribution in [0.4, 0.5) is 10.1 Å². The van der Waals surface area contributed by atoms with Crippen molar-refractivity contribution in [3.05, 3.63) is 58.3 Å². The quantitative estimate of drug-likeness (QED) is 0.853. The molecule has 1 aromatic heterocycles. The number of halogens is 1. The molecule has 0 radical (unpaired) electrons. The number of amides is 2. The predicted octanol–water partition coefficient (Wildman–Crippen LogP) is 2.17. The molecular weight excluding hydrogens is 365 g/mol. The minimum absolute atomic E-state index is 0.0121. The molecule has 0 unspecified atom stereocenters. The Morgan fingerprint density at radius 2 is 1.82 bits per heavy atom. The Bertz CT molecular complexity index is 918. The number of aromatic nitrogens is 1. The molecule has 0 bridgehead atoms. The van der Waals surface area contributed by atoms with Crippen molar-refractivity contribution in [3.8, 4) is 5.75 Å². The molecule has 2 aromatic rings. The molecule has 0 aliphatic carbocycles. The van der Waals surface area contributed by atoms with Gasteiger partial charge in [-0.05, 0) is 49.6 Å². The summed E-state index contributed by atoms with van der Waals surface area (Å²) in [5.74, 6) is -0.786. The molecule has 3 rings (SSSR count). The van der Waals surface area contributed by atoms with E-state index in [1.807, 2.05) is 0 Å². The van der Waals surface area contributed by atoms with Gasteiger partial charge in [0.25, 0.3) is 17.4 Å². The summed E-state index contributed by atoms with van der Waals surface area (Å²) in [6.07, 6.45) is 4.50. The number of hydrogen-bond acceptors (Lipinski definition) is 4. The molecule has 2 heterocycles. The highest BCUT2D eigenvalue weighted by Gasteiger charge is 2.20. The largest absolute Gasteiger partial charge is 0.484 e. The topological polar surface area (TPSA) is 80.6 Å². The average Bonchev–Trinajstić information content (AvgIpc) is 2.71. The highest BCUT2D eigenvalue weighted by molar-refractivity contribution is 5.97. The number of likely N-dealkylation sites (tertiary alicyclic amines) is 1. The summed E-state index contributed by atoms with van der Waals surface area (Å²) in [5.41, 5.74) is -0.0675. The molecule has 1 fully saturated rings. The van der Waals surface area contributed by atoms with Crippen LogP contribution in [0.25, 0.3) is 0 Å². The van der Waals surface area contributed by atoms with Crippen LogP contribution in [0.2, 0.25) is 0 Å². The monoisotopic (exact) mass is 387 g/mol. The number of nitrogens with zero attached hydrogens (tertiary/aromatic N) is 2. The fraction of sp³-hybridized carbons (Fsp3) is 0.350. The molecule has 148 valence electrons. The molecule has 0 atom stereocenters. The number of piperidine rings is 1. The van der Waals surface area contributed by atoms with Gasteiger partial charge >= 0.3 is 0 Å². The molecule has 1 aromatic carbocycles. The molecule has 1 saturated heterocycles. The number of benzene rings is 1. The summed E-state index contributed by atoms with van der Waals surface area (Å²) in [4.78, 5) is 38.9. The van der Waals surface area contributed by atoms with Gasteiger partial charge in [-0.2, -0.15) is 0 Å². The van der Waals surface area contributed by atoms with Gasteiger partial charge in [0, 0.05) is 26.3 Å². The minimum atomic E-state index is -0.552. The van der Waals surface area contributed by atoms with E-state index >= 15 is 0 Å². The van der Waals surface area contributed by atoms with E-state index in [2.05, 4.69) is 5.32 Å². The van der Waals surface area contributed by atoms with Crippen molar-refractivity contribution in [2.75, 3.05) is 25.0 Å². The predicted molar refractivity (Wildman–Crippen MR) is 102 cm³/mol. The van der Waals surface area contributed by atoms with Gasteiger partial charge in [0.1, 0.15) is 17.3 Å². The van der Waals surface area contributed by atoms with Crippen LogP contribution in [0, 0.1) is 5.82 Å². The second kappa shape index (κ2) is 8.69. The van der Waals surface area contributed by atoms with Gasteiger partial charge in [0.05, 0.1) is 5.56 Å².